The van der Waals surface area contributed by atoms with Crippen LogP contribution in [0.4, 0.5) is 5.82 Å². The minimum Gasteiger partial charge on any atom is -0.329 e. The number of hydrogen-bond acceptors (Lipinski definition) is 3. The number of carbonyl (C=O) groups is 1. The molecule has 0 saturated heterocycles. The summed E-state index contributed by atoms with van der Waals surface area (Å²) in [5.41, 5.74) is 0. The molecule has 0 bridgehead atoms. The summed E-state index contributed by atoms with van der Waals surface area (Å²) in [5.74, 6) is 0.804. The quantitative estimate of drug-likeness (QED) is 0.540. The van der Waals surface area contributed by atoms with Crippen LogP contribution in [-0.2, 0) is 7.05 Å². The number of nitrogens with zero attached hydrogens (tertiary/aromatic N) is 2. The summed E-state index contributed by atoms with van der Waals surface area (Å²) in [4.78, 5) is 17.1. The van der Waals surface area contributed by atoms with E-state index in [4.69, 9.17) is 11.8 Å². The van der Waals surface area contributed by atoms with E-state index in [0.29, 0.717) is 11.6 Å². The summed E-state index contributed by atoms with van der Waals surface area (Å²) < 4.78 is 1.62. The smallest absolute Gasteiger partial charge is 0.195 e. The normalized spacial score (nSPS) is 9.73. The number of Topliss-reactive ketones (excluding diaryl/α,β-unsaturated/α-hetero) is 1. The summed E-state index contributed by atoms with van der Waals surface area (Å²) in [6, 6.07) is 0. The molecule has 0 radical (unpaired) electrons. The first-order valence-corrected chi connectivity index (χ1v) is 3.44. The molecule has 0 spiro atoms. The average molecular weight is 174 g/mol. The van der Waals surface area contributed by atoms with Gasteiger partial charge in [0.15, 0.2) is 17.4 Å². The zero-order valence-electron chi connectivity index (χ0n) is 6.26. The van der Waals surface area contributed by atoms with Gasteiger partial charge in [-0.3, -0.25) is 9.63 Å². The van der Waals surface area contributed by atoms with Crippen LogP contribution < -0.4 is 4.84 Å². The van der Waals surface area contributed by atoms with Crippen molar-refractivity contribution in [3.05, 3.63) is 12.0 Å². The molecule has 1 aromatic heterocycles. The molecule has 0 saturated carbocycles. The Morgan fingerprint density at radius 1 is 1.82 bits per heavy atom. The van der Waals surface area contributed by atoms with Crippen molar-refractivity contribution < 1.29 is 4.79 Å². The Labute approximate surface area is 69.3 Å². The molecule has 0 aromatic carbocycles. The van der Waals surface area contributed by atoms with E-state index in [-0.39, 0.29) is 5.78 Å². The van der Waals surface area contributed by atoms with Crippen molar-refractivity contribution in [2.45, 2.75) is 6.92 Å². The molecule has 1 heterocycles. The molecule has 0 fully saturated rings. The Balaban J connectivity index is 3.07. The fourth-order valence-corrected chi connectivity index (χ4v) is 0.930. The molecule has 1 rings (SSSR count). The van der Waals surface area contributed by atoms with Crippen LogP contribution in [-0.4, -0.2) is 15.3 Å². The van der Waals surface area contributed by atoms with Crippen LogP contribution in [0.5, 0.6) is 0 Å². The average Bonchev–Trinajstić information content (AvgIpc) is 2.30. The van der Waals surface area contributed by atoms with Crippen molar-refractivity contribution in [2.24, 2.45) is 7.05 Å². The van der Waals surface area contributed by atoms with Gasteiger partial charge in [0, 0.05) is 31.9 Å². The van der Waals surface area contributed by atoms with Gasteiger partial charge in [-0.15, -0.1) is 0 Å². The van der Waals surface area contributed by atoms with Crippen molar-refractivity contribution in [3.8, 4) is 0 Å². The minimum absolute atomic E-state index is 0.0781. The van der Waals surface area contributed by atoms with Crippen LogP contribution in [0.2, 0.25) is 0 Å². The SMILES string of the molecule is CC(=O)c1nc(NCl)cn1C. The van der Waals surface area contributed by atoms with E-state index >= 15 is 0 Å². The number of nitrogens with one attached hydrogen (secondary N) is 1. The van der Waals surface area contributed by atoms with Crippen LogP contribution in [0, 0.1) is 0 Å². The number of hydrogen-bond donors (Lipinski definition) is 1. The molecule has 4 nitrogen and oxygen atoms in total. The minimum atomic E-state index is -0.0781. The highest BCUT2D eigenvalue weighted by molar-refractivity contribution is 6.23. The first kappa shape index (κ1) is 8.07. The number of ketones is 1. The predicted octanol–water partition coefficient (Wildman–Crippen LogP) is 1.19. The van der Waals surface area contributed by atoms with Crippen molar-refractivity contribution in [2.75, 3.05) is 4.84 Å². The van der Waals surface area contributed by atoms with Gasteiger partial charge in [-0.05, 0) is 0 Å². The fraction of sp³-hybridized carbons (Fsp3) is 0.333. The highest BCUT2D eigenvalue weighted by atomic mass is 35.5. The lowest BCUT2D eigenvalue weighted by Crippen LogP contribution is -2.01. The van der Waals surface area contributed by atoms with Crippen LogP contribution in [0.1, 0.15) is 17.5 Å². The van der Waals surface area contributed by atoms with Gasteiger partial charge in [-0.1, -0.05) is 0 Å². The molecule has 0 aliphatic heterocycles. The lowest BCUT2D eigenvalue weighted by atomic mass is 10.4. The molecule has 5 heteroatoms. The number of imidazole rings is 1. The third kappa shape index (κ3) is 1.51. The number of halogens is 1. The maximum atomic E-state index is 10.8. The summed E-state index contributed by atoms with van der Waals surface area (Å²) in [6.45, 7) is 1.46. The van der Waals surface area contributed by atoms with E-state index in [2.05, 4.69) is 9.82 Å². The van der Waals surface area contributed by atoms with Gasteiger partial charge in [0.25, 0.3) is 0 Å². The van der Waals surface area contributed by atoms with E-state index in [1.807, 2.05) is 0 Å². The molecule has 1 aromatic rings. The lowest BCUT2D eigenvalue weighted by Gasteiger charge is -1.91. The zero-order valence-corrected chi connectivity index (χ0v) is 7.01. The second kappa shape index (κ2) is 2.92. The van der Waals surface area contributed by atoms with Gasteiger partial charge < -0.3 is 4.57 Å². The van der Waals surface area contributed by atoms with Crippen LogP contribution in [0.15, 0.2) is 6.20 Å². The number of carbonyl (C=O) groups excluding carboxylic acids is 1. The van der Waals surface area contributed by atoms with Gasteiger partial charge in [0.2, 0.25) is 0 Å². The topological polar surface area (TPSA) is 46.9 Å². The Hall–Kier alpha value is -1.03. The standard InChI is InChI=1S/C6H8ClN3O/c1-4(11)6-8-5(9-7)3-10(6)2/h3,9H,1-2H3. The molecule has 0 atom stereocenters. The lowest BCUT2D eigenvalue weighted by molar-refractivity contribution is 0.100. The molecule has 0 unspecified atom stereocenters. The van der Waals surface area contributed by atoms with Crippen LogP contribution in [0.25, 0.3) is 0 Å². The molecule has 1 N–H and O–H groups in total. The molecular formula is C6H8ClN3O. The van der Waals surface area contributed by atoms with E-state index in [1.54, 1.807) is 17.8 Å². The monoisotopic (exact) mass is 173 g/mol. The second-order valence-corrected chi connectivity index (χ2v) is 2.40. The van der Waals surface area contributed by atoms with E-state index in [9.17, 15) is 4.79 Å². The first-order valence-electron chi connectivity index (χ1n) is 3.06. The zero-order chi connectivity index (χ0) is 8.43. The van der Waals surface area contributed by atoms with Gasteiger partial charge in [0.05, 0.1) is 0 Å². The Bertz CT molecular complexity index is 281. The van der Waals surface area contributed by atoms with E-state index in [1.165, 1.54) is 6.92 Å². The highest BCUT2D eigenvalue weighted by Gasteiger charge is 2.07. The van der Waals surface area contributed by atoms with Gasteiger partial charge in [0.1, 0.15) is 0 Å². The van der Waals surface area contributed by atoms with E-state index < -0.39 is 0 Å². The molecule has 0 aliphatic carbocycles. The highest BCUT2D eigenvalue weighted by Crippen LogP contribution is 2.07. The summed E-state index contributed by atoms with van der Waals surface area (Å²) in [7, 11) is 1.74. The Kier molecular flexibility index (Phi) is 2.14. The summed E-state index contributed by atoms with van der Waals surface area (Å²) in [6.07, 6.45) is 1.64. The maximum Gasteiger partial charge on any atom is 0.195 e. The van der Waals surface area contributed by atoms with Gasteiger partial charge in [-0.2, -0.15) is 0 Å². The van der Waals surface area contributed by atoms with Crippen molar-refractivity contribution >= 4 is 23.4 Å². The predicted molar refractivity (Wildman–Crippen MR) is 42.7 cm³/mol. The number of anilines is 1. The fourth-order valence-electron chi connectivity index (χ4n) is 0.839. The Morgan fingerprint density at radius 3 is 2.73 bits per heavy atom. The van der Waals surface area contributed by atoms with Crippen molar-refractivity contribution in [1.82, 2.24) is 9.55 Å². The summed E-state index contributed by atoms with van der Waals surface area (Å²) >= 11 is 5.28. The van der Waals surface area contributed by atoms with Crippen LogP contribution >= 0.6 is 11.8 Å². The van der Waals surface area contributed by atoms with Gasteiger partial charge in [-0.25, -0.2) is 4.98 Å². The maximum absolute atomic E-state index is 10.8. The third-order valence-corrected chi connectivity index (χ3v) is 1.48. The molecule has 0 aliphatic rings. The summed E-state index contributed by atoms with van der Waals surface area (Å²) in [5, 5.41) is 0. The van der Waals surface area contributed by atoms with Crippen LogP contribution in [0.3, 0.4) is 0 Å². The van der Waals surface area contributed by atoms with Crippen molar-refractivity contribution in [1.29, 1.82) is 0 Å². The number of aryl methyl sites for hydroxylation is 1. The first-order chi connectivity index (χ1) is 5.15. The molecule has 60 valence electrons. The molecule has 0 amide bonds. The number of rotatable bonds is 2. The van der Waals surface area contributed by atoms with Gasteiger partial charge >= 0.3 is 0 Å². The van der Waals surface area contributed by atoms with E-state index in [0.717, 1.165) is 0 Å². The second-order valence-electron chi connectivity index (χ2n) is 2.21. The Morgan fingerprint density at radius 2 is 2.45 bits per heavy atom. The number of aromatic nitrogens is 2. The largest absolute Gasteiger partial charge is 0.329 e. The van der Waals surface area contributed by atoms with Crippen molar-refractivity contribution in [3.63, 3.8) is 0 Å². The molecule has 11 heavy (non-hydrogen) atoms. The third-order valence-electron chi connectivity index (χ3n) is 1.29. The molecular weight excluding hydrogens is 166 g/mol.